The van der Waals surface area contributed by atoms with E-state index in [1.165, 1.54) is 11.8 Å². The third kappa shape index (κ3) is 6.36. The second-order valence-corrected chi connectivity index (χ2v) is 12.0. The van der Waals surface area contributed by atoms with E-state index in [2.05, 4.69) is 44.9 Å². The van der Waals surface area contributed by atoms with Gasteiger partial charge >= 0.3 is 0 Å². The van der Waals surface area contributed by atoms with Crippen molar-refractivity contribution in [3.63, 3.8) is 0 Å². The molecular formula is C26H37N3O4S. The van der Waals surface area contributed by atoms with Gasteiger partial charge in [0.05, 0.1) is 30.7 Å². The Bertz CT molecular complexity index is 1050. The Labute approximate surface area is 203 Å². The molecule has 0 spiro atoms. The first-order valence-corrected chi connectivity index (χ1v) is 14.1. The Morgan fingerprint density at radius 2 is 1.82 bits per heavy atom. The lowest BCUT2D eigenvalue weighted by atomic mass is 9.83. The molecule has 8 heteroatoms. The van der Waals surface area contributed by atoms with E-state index >= 15 is 0 Å². The van der Waals surface area contributed by atoms with E-state index in [1.807, 2.05) is 12.1 Å². The molecule has 1 aliphatic heterocycles. The van der Waals surface area contributed by atoms with Gasteiger partial charge in [0.2, 0.25) is 10.0 Å². The summed E-state index contributed by atoms with van der Waals surface area (Å²) in [7, 11) is -3.34. The summed E-state index contributed by atoms with van der Waals surface area (Å²) in [5.74, 6) is 0.584. The fourth-order valence-corrected chi connectivity index (χ4v) is 6.07. The maximum atomic E-state index is 12.0. The lowest BCUT2D eigenvalue weighted by Crippen LogP contribution is -2.48. The molecule has 186 valence electrons. The molecule has 4 rings (SSSR count). The van der Waals surface area contributed by atoms with Crippen molar-refractivity contribution in [3.05, 3.63) is 59.9 Å². The van der Waals surface area contributed by atoms with E-state index in [-0.39, 0.29) is 18.2 Å². The molecule has 1 aliphatic carbocycles. The van der Waals surface area contributed by atoms with Crippen molar-refractivity contribution in [2.75, 3.05) is 24.3 Å². The molecule has 2 heterocycles. The van der Waals surface area contributed by atoms with Crippen molar-refractivity contribution in [2.45, 2.75) is 75.7 Å². The SMILES string of the molecule is CC(C)(O)c1cc(N2CC[C@H](NS(C)(=O)=O)[C@@H]2COC2CCC(c3ccccc3)CC2)ccn1. The van der Waals surface area contributed by atoms with Crippen molar-refractivity contribution >= 4 is 15.7 Å². The van der Waals surface area contributed by atoms with Gasteiger partial charge in [0.1, 0.15) is 5.60 Å². The van der Waals surface area contributed by atoms with Crippen LogP contribution < -0.4 is 9.62 Å². The Morgan fingerprint density at radius 1 is 1.12 bits per heavy atom. The summed E-state index contributed by atoms with van der Waals surface area (Å²) in [5.41, 5.74) is 1.86. The Balaban J connectivity index is 1.44. The molecule has 2 atom stereocenters. The van der Waals surface area contributed by atoms with E-state index in [9.17, 15) is 13.5 Å². The summed E-state index contributed by atoms with van der Waals surface area (Å²) in [4.78, 5) is 6.51. The maximum absolute atomic E-state index is 12.0. The molecule has 0 bridgehead atoms. The van der Waals surface area contributed by atoms with E-state index in [0.29, 0.717) is 31.2 Å². The number of hydrogen-bond acceptors (Lipinski definition) is 6. The molecule has 0 unspecified atom stereocenters. The van der Waals surface area contributed by atoms with Crippen molar-refractivity contribution in [1.29, 1.82) is 0 Å². The third-order valence-electron chi connectivity index (χ3n) is 7.06. The predicted octanol–water partition coefficient (Wildman–Crippen LogP) is 3.55. The standard InChI is InChI=1S/C26H37N3O4S/c1-26(2,30)25-17-21(13-15-27-25)29-16-14-23(28-34(3,31)32)24(29)18-33-22-11-9-20(10-12-22)19-7-5-4-6-8-19/h4-8,13,15,17,20,22-24,28,30H,9-12,14,16,18H2,1-3H3/t20?,22?,23-,24-/m0/s1. The van der Waals surface area contributed by atoms with Gasteiger partial charge in [-0.1, -0.05) is 30.3 Å². The smallest absolute Gasteiger partial charge is 0.209 e. The van der Waals surface area contributed by atoms with Crippen molar-refractivity contribution < 1.29 is 18.3 Å². The molecule has 0 radical (unpaired) electrons. The molecule has 1 saturated carbocycles. The van der Waals surface area contributed by atoms with Crippen LogP contribution in [-0.2, 0) is 20.4 Å². The number of aromatic nitrogens is 1. The Morgan fingerprint density at radius 3 is 2.47 bits per heavy atom. The van der Waals surface area contributed by atoms with Crippen LogP contribution in [0.4, 0.5) is 5.69 Å². The normalized spacial score (nSPS) is 26.1. The van der Waals surface area contributed by atoms with Crippen LogP contribution in [0.3, 0.4) is 0 Å². The minimum atomic E-state index is -3.34. The summed E-state index contributed by atoms with van der Waals surface area (Å²) in [5, 5.41) is 10.4. The van der Waals surface area contributed by atoms with Crippen molar-refractivity contribution in [3.8, 4) is 0 Å². The van der Waals surface area contributed by atoms with Crippen molar-refractivity contribution in [2.24, 2.45) is 0 Å². The Kier molecular flexibility index (Phi) is 7.62. The zero-order valence-corrected chi connectivity index (χ0v) is 21.2. The highest BCUT2D eigenvalue weighted by atomic mass is 32.2. The van der Waals surface area contributed by atoms with E-state index < -0.39 is 15.6 Å². The predicted molar refractivity (Wildman–Crippen MR) is 134 cm³/mol. The molecule has 1 saturated heterocycles. The summed E-state index contributed by atoms with van der Waals surface area (Å²) >= 11 is 0. The largest absolute Gasteiger partial charge is 0.384 e. The molecule has 7 nitrogen and oxygen atoms in total. The first-order chi connectivity index (χ1) is 16.1. The molecule has 2 aliphatic rings. The average molecular weight is 488 g/mol. The number of aliphatic hydroxyl groups is 1. The van der Waals surface area contributed by atoms with Crippen LogP contribution in [0.25, 0.3) is 0 Å². The highest BCUT2D eigenvalue weighted by Gasteiger charge is 2.37. The van der Waals surface area contributed by atoms with Gasteiger partial charge < -0.3 is 14.7 Å². The van der Waals surface area contributed by atoms with E-state index in [0.717, 1.165) is 31.4 Å². The fourth-order valence-electron chi connectivity index (χ4n) is 5.25. The van der Waals surface area contributed by atoms with Gasteiger partial charge in [-0.3, -0.25) is 4.98 Å². The minimum Gasteiger partial charge on any atom is -0.384 e. The number of sulfonamides is 1. The van der Waals surface area contributed by atoms with Crippen molar-refractivity contribution in [1.82, 2.24) is 9.71 Å². The molecule has 2 N–H and O–H groups in total. The molecule has 1 aromatic heterocycles. The zero-order valence-electron chi connectivity index (χ0n) is 20.4. The lowest BCUT2D eigenvalue weighted by Gasteiger charge is -2.34. The number of ether oxygens (including phenoxy) is 1. The maximum Gasteiger partial charge on any atom is 0.209 e. The number of nitrogens with one attached hydrogen (secondary N) is 1. The number of anilines is 1. The lowest BCUT2D eigenvalue weighted by molar-refractivity contribution is 0.0157. The number of hydrogen-bond donors (Lipinski definition) is 2. The van der Waals surface area contributed by atoms with Gasteiger partial charge in [-0.15, -0.1) is 0 Å². The van der Waals surface area contributed by atoms with E-state index in [4.69, 9.17) is 4.74 Å². The van der Waals surface area contributed by atoms with Gasteiger partial charge in [0.25, 0.3) is 0 Å². The van der Waals surface area contributed by atoms with Crippen LogP contribution in [0.1, 0.15) is 63.1 Å². The molecule has 2 aromatic rings. The Hall–Kier alpha value is -2.00. The number of rotatable bonds is 8. The quantitative estimate of drug-likeness (QED) is 0.592. The van der Waals surface area contributed by atoms with Crippen LogP contribution in [0.2, 0.25) is 0 Å². The molecule has 1 aromatic carbocycles. The third-order valence-corrected chi connectivity index (χ3v) is 7.79. The minimum absolute atomic E-state index is 0.126. The first kappa shape index (κ1) is 25.1. The van der Waals surface area contributed by atoms with Gasteiger partial charge in [0.15, 0.2) is 0 Å². The second-order valence-electron chi connectivity index (χ2n) is 10.2. The highest BCUT2D eigenvalue weighted by molar-refractivity contribution is 7.88. The van der Waals surface area contributed by atoms with Gasteiger partial charge in [-0.05, 0) is 69.6 Å². The van der Waals surface area contributed by atoms with Gasteiger partial charge in [-0.25, -0.2) is 13.1 Å². The second kappa shape index (κ2) is 10.3. The zero-order chi connectivity index (χ0) is 24.3. The molecule has 0 amide bonds. The summed E-state index contributed by atoms with van der Waals surface area (Å²) in [6.45, 7) is 4.58. The van der Waals surface area contributed by atoms with E-state index in [1.54, 1.807) is 20.0 Å². The van der Waals surface area contributed by atoms with Crippen LogP contribution >= 0.6 is 0 Å². The fraction of sp³-hybridized carbons (Fsp3) is 0.577. The molecule has 34 heavy (non-hydrogen) atoms. The summed E-state index contributed by atoms with van der Waals surface area (Å²) in [6.07, 6.45) is 8.01. The first-order valence-electron chi connectivity index (χ1n) is 12.2. The number of nitrogens with zero attached hydrogens (tertiary/aromatic N) is 2. The topological polar surface area (TPSA) is 91.8 Å². The number of benzene rings is 1. The van der Waals surface area contributed by atoms with Crippen LogP contribution in [0.5, 0.6) is 0 Å². The molecular weight excluding hydrogens is 450 g/mol. The average Bonchev–Trinajstić information content (AvgIpc) is 3.19. The van der Waals surface area contributed by atoms with Crippen LogP contribution in [0.15, 0.2) is 48.7 Å². The highest BCUT2D eigenvalue weighted by Crippen LogP contribution is 2.35. The summed E-state index contributed by atoms with van der Waals surface area (Å²) < 4.78 is 33.3. The molecule has 2 fully saturated rings. The van der Waals surface area contributed by atoms with Gasteiger partial charge in [0, 0.05) is 24.5 Å². The number of pyridine rings is 1. The van der Waals surface area contributed by atoms with Crippen LogP contribution in [0, 0.1) is 0 Å². The van der Waals surface area contributed by atoms with Gasteiger partial charge in [-0.2, -0.15) is 0 Å². The van der Waals surface area contributed by atoms with Crippen LogP contribution in [-0.4, -0.2) is 56.1 Å². The summed E-state index contributed by atoms with van der Waals surface area (Å²) in [6, 6.07) is 14.1. The monoisotopic (exact) mass is 487 g/mol.